The van der Waals surface area contributed by atoms with E-state index in [0.717, 1.165) is 41.5 Å². The van der Waals surface area contributed by atoms with Crippen molar-refractivity contribution in [2.75, 3.05) is 22.9 Å². The van der Waals surface area contributed by atoms with Crippen LogP contribution in [0.15, 0.2) is 93.3 Å². The number of carbonyl (C=O) groups is 2. The molecule has 1 saturated heterocycles. The lowest BCUT2D eigenvalue weighted by Gasteiger charge is -2.30. The standard InChI is InChI=1S/C29H24BrN3O4/c30-20-6-11-23-19(15-20)16-24(37-23)27(34)25-26(18-5-4-12-31-17-18)33(29(36)28(25)35)22-9-7-21(8-10-22)32-13-2-1-3-14-32/h4-12,15-17,26,35H,1-3,13-14H2. The maximum absolute atomic E-state index is 13.7. The molecular weight excluding hydrogens is 534 g/mol. The molecule has 186 valence electrons. The lowest BCUT2D eigenvalue weighted by molar-refractivity contribution is -0.117. The first kappa shape index (κ1) is 23.5. The maximum atomic E-state index is 13.7. The summed E-state index contributed by atoms with van der Waals surface area (Å²) >= 11 is 3.43. The number of halogens is 1. The zero-order chi connectivity index (χ0) is 25.5. The molecule has 2 aromatic heterocycles. The van der Waals surface area contributed by atoms with Crippen LogP contribution < -0.4 is 9.80 Å². The number of furan rings is 1. The summed E-state index contributed by atoms with van der Waals surface area (Å²) in [5, 5.41) is 11.8. The topological polar surface area (TPSA) is 86.9 Å². The number of nitrogens with zero attached hydrogens (tertiary/aromatic N) is 3. The predicted molar refractivity (Wildman–Crippen MR) is 145 cm³/mol. The first-order valence-corrected chi connectivity index (χ1v) is 13.1. The van der Waals surface area contributed by atoms with E-state index in [2.05, 4.69) is 25.8 Å². The summed E-state index contributed by atoms with van der Waals surface area (Å²) in [4.78, 5) is 35.2. The molecule has 1 atom stereocenters. The molecule has 1 unspecified atom stereocenters. The summed E-state index contributed by atoms with van der Waals surface area (Å²) in [6, 6.07) is 17.5. The molecular formula is C29H24BrN3O4. The SMILES string of the molecule is O=C(C1=C(O)C(=O)N(c2ccc(N3CCCCC3)cc2)C1c1cccnc1)c1cc2cc(Br)ccc2o1. The van der Waals surface area contributed by atoms with Gasteiger partial charge in [-0.25, -0.2) is 0 Å². The molecule has 8 heteroatoms. The summed E-state index contributed by atoms with van der Waals surface area (Å²) in [7, 11) is 0. The molecule has 2 aliphatic heterocycles. The molecule has 0 bridgehead atoms. The van der Waals surface area contributed by atoms with Gasteiger partial charge in [-0.15, -0.1) is 0 Å². The predicted octanol–water partition coefficient (Wildman–Crippen LogP) is 6.36. The number of aliphatic hydroxyl groups excluding tert-OH is 1. The molecule has 0 aliphatic carbocycles. The number of amides is 1. The Bertz CT molecular complexity index is 1520. The van der Waals surface area contributed by atoms with Crippen LogP contribution in [0.1, 0.15) is 41.4 Å². The Morgan fingerprint density at radius 2 is 1.76 bits per heavy atom. The molecule has 37 heavy (non-hydrogen) atoms. The smallest absolute Gasteiger partial charge is 0.294 e. The minimum absolute atomic E-state index is 0.0313. The Balaban J connectivity index is 1.40. The molecule has 4 heterocycles. The summed E-state index contributed by atoms with van der Waals surface area (Å²) < 4.78 is 6.67. The number of pyridine rings is 1. The fourth-order valence-corrected chi connectivity index (χ4v) is 5.57. The third kappa shape index (κ3) is 4.21. The van der Waals surface area contributed by atoms with Crippen LogP contribution in [-0.4, -0.2) is 34.9 Å². The molecule has 7 nitrogen and oxygen atoms in total. The first-order valence-electron chi connectivity index (χ1n) is 12.3. The number of anilines is 2. The summed E-state index contributed by atoms with van der Waals surface area (Å²) in [6.07, 6.45) is 6.80. The molecule has 4 aromatic rings. The lowest BCUT2D eigenvalue weighted by atomic mass is 9.96. The van der Waals surface area contributed by atoms with Crippen molar-refractivity contribution in [2.45, 2.75) is 25.3 Å². The van der Waals surface area contributed by atoms with Crippen LogP contribution in [0.2, 0.25) is 0 Å². The van der Waals surface area contributed by atoms with E-state index in [1.165, 1.54) is 11.3 Å². The van der Waals surface area contributed by atoms with Gasteiger partial charge in [-0.3, -0.25) is 19.5 Å². The van der Waals surface area contributed by atoms with Crippen molar-refractivity contribution >= 4 is 50.0 Å². The Morgan fingerprint density at radius 3 is 2.49 bits per heavy atom. The van der Waals surface area contributed by atoms with Gasteiger partial charge in [-0.2, -0.15) is 0 Å². The summed E-state index contributed by atoms with van der Waals surface area (Å²) in [6.45, 7) is 2.02. The second-order valence-electron chi connectivity index (χ2n) is 9.31. The van der Waals surface area contributed by atoms with Crippen LogP contribution in [0.25, 0.3) is 11.0 Å². The van der Waals surface area contributed by atoms with Gasteiger partial charge in [0.2, 0.25) is 5.78 Å². The maximum Gasteiger partial charge on any atom is 0.294 e. The van der Waals surface area contributed by atoms with Gasteiger partial charge >= 0.3 is 0 Å². The van der Waals surface area contributed by atoms with Gasteiger partial charge < -0.3 is 14.4 Å². The second kappa shape index (κ2) is 9.52. The Hall–Kier alpha value is -3.91. The van der Waals surface area contributed by atoms with Gasteiger partial charge in [0.05, 0.1) is 11.6 Å². The molecule has 0 radical (unpaired) electrons. The number of piperidine rings is 1. The highest BCUT2D eigenvalue weighted by Crippen LogP contribution is 2.42. The second-order valence-corrected chi connectivity index (χ2v) is 10.2. The molecule has 1 N–H and O–H groups in total. The van der Waals surface area contributed by atoms with Gasteiger partial charge in [0.1, 0.15) is 5.58 Å². The average Bonchev–Trinajstić information content (AvgIpc) is 3.47. The number of fused-ring (bicyclic) bond motifs is 1. The number of carbonyl (C=O) groups excluding carboxylic acids is 2. The minimum atomic E-state index is -0.852. The lowest BCUT2D eigenvalue weighted by Crippen LogP contribution is -2.31. The summed E-state index contributed by atoms with van der Waals surface area (Å²) in [5.41, 5.74) is 2.80. The van der Waals surface area contributed by atoms with Crippen LogP contribution in [0.3, 0.4) is 0 Å². The number of aromatic nitrogens is 1. The fourth-order valence-electron chi connectivity index (χ4n) is 5.19. The van der Waals surface area contributed by atoms with Crippen molar-refractivity contribution in [2.24, 2.45) is 0 Å². The van der Waals surface area contributed by atoms with Gasteiger partial charge in [0, 0.05) is 46.7 Å². The molecule has 1 fully saturated rings. The highest BCUT2D eigenvalue weighted by atomic mass is 79.9. The number of ketones is 1. The van der Waals surface area contributed by atoms with Crippen molar-refractivity contribution < 1.29 is 19.1 Å². The molecule has 1 amide bonds. The number of benzene rings is 2. The van der Waals surface area contributed by atoms with Gasteiger partial charge in [-0.1, -0.05) is 22.0 Å². The molecule has 6 rings (SSSR count). The zero-order valence-electron chi connectivity index (χ0n) is 19.9. The van der Waals surface area contributed by atoms with Crippen molar-refractivity contribution in [1.82, 2.24) is 4.98 Å². The van der Waals surface area contributed by atoms with E-state index >= 15 is 0 Å². The molecule has 0 saturated carbocycles. The van der Waals surface area contributed by atoms with E-state index in [4.69, 9.17) is 4.42 Å². The first-order chi connectivity index (χ1) is 18.0. The minimum Gasteiger partial charge on any atom is -0.503 e. The molecule has 2 aliphatic rings. The van der Waals surface area contributed by atoms with E-state index in [0.29, 0.717) is 16.8 Å². The van der Waals surface area contributed by atoms with Gasteiger partial charge in [0.25, 0.3) is 5.91 Å². The summed E-state index contributed by atoms with van der Waals surface area (Å²) in [5.74, 6) is -1.71. The van der Waals surface area contributed by atoms with E-state index in [1.54, 1.807) is 36.7 Å². The van der Waals surface area contributed by atoms with Crippen LogP contribution in [0.4, 0.5) is 11.4 Å². The van der Waals surface area contributed by atoms with Crippen molar-refractivity contribution in [3.63, 3.8) is 0 Å². The highest BCUT2D eigenvalue weighted by Gasteiger charge is 2.45. The zero-order valence-corrected chi connectivity index (χ0v) is 21.5. The normalized spacial score (nSPS) is 18.2. The van der Waals surface area contributed by atoms with E-state index < -0.39 is 23.5 Å². The number of aliphatic hydroxyl groups is 1. The van der Waals surface area contributed by atoms with Crippen molar-refractivity contribution in [1.29, 1.82) is 0 Å². The third-order valence-electron chi connectivity index (χ3n) is 7.00. The van der Waals surface area contributed by atoms with Gasteiger partial charge in [-0.05, 0) is 79.4 Å². The van der Waals surface area contributed by atoms with E-state index in [1.807, 2.05) is 36.4 Å². The Morgan fingerprint density at radius 1 is 1.00 bits per heavy atom. The Kier molecular flexibility index (Phi) is 6.04. The number of hydrogen-bond donors (Lipinski definition) is 1. The average molecular weight is 558 g/mol. The number of hydrogen-bond acceptors (Lipinski definition) is 6. The van der Waals surface area contributed by atoms with E-state index in [9.17, 15) is 14.7 Å². The Labute approximate surface area is 222 Å². The largest absolute Gasteiger partial charge is 0.503 e. The monoisotopic (exact) mass is 557 g/mol. The number of Topliss-reactive ketones (excluding diaryl/α,β-unsaturated/α-hetero) is 1. The third-order valence-corrected chi connectivity index (χ3v) is 7.50. The fraction of sp³-hybridized carbons (Fsp3) is 0.207. The van der Waals surface area contributed by atoms with Crippen LogP contribution >= 0.6 is 15.9 Å². The number of rotatable bonds is 5. The van der Waals surface area contributed by atoms with Crippen LogP contribution in [0, 0.1) is 0 Å². The molecule has 0 spiro atoms. The van der Waals surface area contributed by atoms with Gasteiger partial charge in [0.15, 0.2) is 11.5 Å². The van der Waals surface area contributed by atoms with Crippen LogP contribution in [0.5, 0.6) is 0 Å². The van der Waals surface area contributed by atoms with Crippen molar-refractivity contribution in [3.05, 3.63) is 100 Å². The quantitative estimate of drug-likeness (QED) is 0.287. The van der Waals surface area contributed by atoms with E-state index in [-0.39, 0.29) is 11.3 Å². The highest BCUT2D eigenvalue weighted by molar-refractivity contribution is 9.10. The molecule has 2 aromatic carbocycles. The van der Waals surface area contributed by atoms with Crippen LogP contribution in [-0.2, 0) is 4.79 Å². The van der Waals surface area contributed by atoms with Crippen molar-refractivity contribution in [3.8, 4) is 0 Å².